The number of carbonyl (C=O) groups is 2. The van der Waals surface area contributed by atoms with Gasteiger partial charge in [0.1, 0.15) is 5.69 Å². The topological polar surface area (TPSA) is 103 Å². The Labute approximate surface area is 176 Å². The number of nitrogens with one attached hydrogen (secondary N) is 1. The van der Waals surface area contributed by atoms with Crippen molar-refractivity contribution in [3.8, 4) is 0 Å². The zero-order valence-electron chi connectivity index (χ0n) is 16.3. The molecule has 3 aromatic rings. The number of carbonyl (C=O) groups excluding carboxylic acids is 2. The molecule has 1 N–H and O–H groups in total. The molecule has 1 aliphatic heterocycles. The first-order chi connectivity index (χ1) is 14.6. The van der Waals surface area contributed by atoms with Gasteiger partial charge >= 0.3 is 5.97 Å². The Balaban J connectivity index is 1.45. The molecule has 0 radical (unpaired) electrons. The zero-order valence-corrected chi connectivity index (χ0v) is 17.1. The van der Waals surface area contributed by atoms with E-state index in [-0.39, 0.29) is 31.9 Å². The first-order valence-corrected chi connectivity index (χ1v) is 10.5. The summed E-state index contributed by atoms with van der Waals surface area (Å²) in [6.07, 6.45) is 2.07. The van der Waals surface area contributed by atoms with Gasteiger partial charge in [0.2, 0.25) is 5.60 Å². The highest BCUT2D eigenvalue weighted by Gasteiger charge is 2.48. The summed E-state index contributed by atoms with van der Waals surface area (Å²) in [7, 11) is 0. The van der Waals surface area contributed by atoms with Gasteiger partial charge in [-0.25, -0.2) is 9.78 Å². The summed E-state index contributed by atoms with van der Waals surface area (Å²) in [5.74, 6) is -0.804. The average molecular weight is 424 g/mol. The maximum Gasteiger partial charge on any atom is 0.354 e. The van der Waals surface area contributed by atoms with Gasteiger partial charge in [0, 0.05) is 29.8 Å². The van der Waals surface area contributed by atoms with Gasteiger partial charge in [0.15, 0.2) is 0 Å². The molecule has 1 unspecified atom stereocenters. The molecular weight excluding hydrogens is 404 g/mol. The molecule has 0 saturated carbocycles. The second kappa shape index (κ2) is 8.58. The number of hydrogen-bond acceptors (Lipinski definition) is 8. The Morgan fingerprint density at radius 2 is 2.13 bits per heavy atom. The van der Waals surface area contributed by atoms with E-state index in [9.17, 15) is 9.59 Å². The van der Waals surface area contributed by atoms with Crippen molar-refractivity contribution in [3.63, 3.8) is 0 Å². The van der Waals surface area contributed by atoms with E-state index < -0.39 is 11.6 Å². The number of nitrogens with zero attached hydrogens (tertiary/aromatic N) is 3. The SMILES string of the molecule is CCOC(=O)C1(Cc2cscn2)CC(CNC(=O)c2nccc3ccccc23)=NO1. The number of hydrogen-bond donors (Lipinski definition) is 1. The average Bonchev–Trinajstić information content (AvgIpc) is 3.43. The van der Waals surface area contributed by atoms with E-state index in [2.05, 4.69) is 20.4 Å². The lowest BCUT2D eigenvalue weighted by atomic mass is 9.92. The normalized spacial score (nSPS) is 18.0. The molecule has 0 spiro atoms. The smallest absolute Gasteiger partial charge is 0.354 e. The zero-order chi connectivity index (χ0) is 21.0. The van der Waals surface area contributed by atoms with Crippen LogP contribution in [0.5, 0.6) is 0 Å². The van der Waals surface area contributed by atoms with Crippen molar-refractivity contribution in [2.24, 2.45) is 5.16 Å². The summed E-state index contributed by atoms with van der Waals surface area (Å²) in [5, 5.41) is 10.4. The maximum atomic E-state index is 12.7. The molecule has 0 fully saturated rings. The minimum atomic E-state index is -1.26. The molecule has 4 rings (SSSR count). The number of rotatable bonds is 7. The number of oxime groups is 1. The van der Waals surface area contributed by atoms with E-state index in [0.717, 1.165) is 16.5 Å². The van der Waals surface area contributed by atoms with E-state index in [1.807, 2.05) is 35.7 Å². The summed E-state index contributed by atoms with van der Waals surface area (Å²) >= 11 is 1.44. The quantitative estimate of drug-likeness (QED) is 0.585. The van der Waals surface area contributed by atoms with E-state index in [1.54, 1.807) is 18.6 Å². The number of esters is 1. The van der Waals surface area contributed by atoms with Crippen LogP contribution in [0.3, 0.4) is 0 Å². The third kappa shape index (κ3) is 4.02. The Kier molecular flexibility index (Phi) is 5.71. The molecule has 30 heavy (non-hydrogen) atoms. The van der Waals surface area contributed by atoms with Crippen LogP contribution in [-0.2, 0) is 20.8 Å². The third-order valence-electron chi connectivity index (χ3n) is 4.78. The number of pyridine rings is 1. The fourth-order valence-corrected chi connectivity index (χ4v) is 3.92. The number of thiazole rings is 1. The van der Waals surface area contributed by atoms with Crippen LogP contribution >= 0.6 is 11.3 Å². The van der Waals surface area contributed by atoms with Crippen LogP contribution in [0.1, 0.15) is 29.5 Å². The molecule has 0 bridgehead atoms. The highest BCUT2D eigenvalue weighted by Crippen LogP contribution is 2.30. The minimum Gasteiger partial charge on any atom is -0.463 e. The monoisotopic (exact) mass is 424 g/mol. The van der Waals surface area contributed by atoms with Crippen LogP contribution in [0.25, 0.3) is 10.8 Å². The molecule has 0 aliphatic carbocycles. The van der Waals surface area contributed by atoms with Gasteiger partial charge in [-0.2, -0.15) is 0 Å². The lowest BCUT2D eigenvalue weighted by Crippen LogP contribution is -2.43. The van der Waals surface area contributed by atoms with Crippen molar-refractivity contribution in [3.05, 3.63) is 58.8 Å². The molecule has 1 amide bonds. The van der Waals surface area contributed by atoms with Crippen LogP contribution in [0.15, 0.2) is 52.6 Å². The predicted molar refractivity (Wildman–Crippen MR) is 112 cm³/mol. The standard InChI is InChI=1S/C21H20N4O4S/c1-2-28-20(27)21(10-16-12-30-13-24-16)9-15(25-29-21)11-23-19(26)18-17-6-4-3-5-14(17)7-8-22-18/h3-8,12-13H,2,9-11H2,1H3,(H,23,26). The Bertz CT molecular complexity index is 1090. The van der Waals surface area contributed by atoms with Crippen LogP contribution in [0.4, 0.5) is 0 Å². The molecule has 8 nitrogen and oxygen atoms in total. The van der Waals surface area contributed by atoms with Gasteiger partial charge in [0.05, 0.1) is 30.1 Å². The molecule has 9 heteroatoms. The van der Waals surface area contributed by atoms with Gasteiger partial charge < -0.3 is 14.9 Å². The molecule has 1 atom stereocenters. The molecule has 0 saturated heterocycles. The highest BCUT2D eigenvalue weighted by molar-refractivity contribution is 7.07. The lowest BCUT2D eigenvalue weighted by molar-refractivity contribution is -0.169. The summed E-state index contributed by atoms with van der Waals surface area (Å²) in [6, 6.07) is 9.41. The van der Waals surface area contributed by atoms with Crippen molar-refractivity contribution < 1.29 is 19.2 Å². The third-order valence-corrected chi connectivity index (χ3v) is 5.41. The van der Waals surface area contributed by atoms with Gasteiger partial charge in [0.25, 0.3) is 5.91 Å². The summed E-state index contributed by atoms with van der Waals surface area (Å²) in [5.41, 5.74) is 2.05. The molecular formula is C21H20N4O4S. The number of fused-ring (bicyclic) bond motifs is 1. The van der Waals surface area contributed by atoms with Gasteiger partial charge in [-0.1, -0.05) is 29.4 Å². The second-order valence-corrected chi connectivity index (χ2v) is 7.58. The van der Waals surface area contributed by atoms with E-state index in [0.29, 0.717) is 11.4 Å². The number of amides is 1. The molecule has 154 valence electrons. The van der Waals surface area contributed by atoms with Crippen molar-refractivity contribution in [2.45, 2.75) is 25.4 Å². The fraction of sp³-hybridized carbons (Fsp3) is 0.286. The molecule has 1 aromatic carbocycles. The number of aromatic nitrogens is 2. The van der Waals surface area contributed by atoms with Crippen molar-refractivity contribution >= 4 is 39.7 Å². The van der Waals surface area contributed by atoms with E-state index in [1.165, 1.54) is 11.3 Å². The van der Waals surface area contributed by atoms with Crippen molar-refractivity contribution in [1.29, 1.82) is 0 Å². The van der Waals surface area contributed by atoms with Gasteiger partial charge in [-0.3, -0.25) is 9.78 Å². The van der Waals surface area contributed by atoms with E-state index >= 15 is 0 Å². The second-order valence-electron chi connectivity index (χ2n) is 6.86. The molecule has 2 aromatic heterocycles. The van der Waals surface area contributed by atoms with Crippen molar-refractivity contribution in [2.75, 3.05) is 13.2 Å². The Morgan fingerprint density at radius 1 is 1.27 bits per heavy atom. The largest absolute Gasteiger partial charge is 0.463 e. The lowest BCUT2D eigenvalue weighted by Gasteiger charge is -2.23. The van der Waals surface area contributed by atoms with E-state index in [4.69, 9.17) is 9.57 Å². The Morgan fingerprint density at radius 3 is 2.93 bits per heavy atom. The van der Waals surface area contributed by atoms with Crippen molar-refractivity contribution in [1.82, 2.24) is 15.3 Å². The first kappa shape index (κ1) is 20.0. The number of ether oxygens (including phenoxy) is 1. The summed E-state index contributed by atoms with van der Waals surface area (Å²) < 4.78 is 5.21. The van der Waals surface area contributed by atoms with Crippen LogP contribution < -0.4 is 5.32 Å². The fourth-order valence-electron chi connectivity index (χ4n) is 3.36. The Hall–Kier alpha value is -3.33. The minimum absolute atomic E-state index is 0.141. The van der Waals surface area contributed by atoms with Crippen LogP contribution in [0, 0.1) is 0 Å². The maximum absolute atomic E-state index is 12.7. The van der Waals surface area contributed by atoms with Gasteiger partial charge in [-0.05, 0) is 18.4 Å². The predicted octanol–water partition coefficient (Wildman–Crippen LogP) is 2.74. The number of benzene rings is 1. The summed E-state index contributed by atoms with van der Waals surface area (Å²) in [4.78, 5) is 39.3. The molecule has 3 heterocycles. The molecule has 1 aliphatic rings. The van der Waals surface area contributed by atoms with Crippen LogP contribution in [-0.4, -0.2) is 46.3 Å². The first-order valence-electron chi connectivity index (χ1n) is 9.51. The van der Waals surface area contributed by atoms with Gasteiger partial charge in [-0.15, -0.1) is 11.3 Å². The van der Waals surface area contributed by atoms with Crippen LogP contribution in [0.2, 0.25) is 0 Å². The highest BCUT2D eigenvalue weighted by atomic mass is 32.1. The summed E-state index contributed by atoms with van der Waals surface area (Å²) in [6.45, 7) is 2.12.